The second-order valence-corrected chi connectivity index (χ2v) is 2.63. The molecule has 0 bridgehead atoms. The van der Waals surface area contributed by atoms with Gasteiger partial charge in [0.25, 0.3) is 0 Å². The van der Waals surface area contributed by atoms with Gasteiger partial charge < -0.3 is 9.47 Å². The summed E-state index contributed by atoms with van der Waals surface area (Å²) in [5.74, 6) is -0.642. The second kappa shape index (κ2) is 6.22. The van der Waals surface area contributed by atoms with Crippen molar-refractivity contribution < 1.29 is 19.1 Å². The number of rotatable bonds is 4. The average molecular weight is 186 g/mol. The van der Waals surface area contributed by atoms with Crippen LogP contribution in [0, 0.1) is 0 Å². The normalized spacial score (nSPS) is 10.8. The topological polar surface area (TPSA) is 52.6 Å². The molecule has 13 heavy (non-hydrogen) atoms. The Balaban J connectivity index is 3.63. The minimum absolute atomic E-state index is 0.225. The van der Waals surface area contributed by atoms with Gasteiger partial charge in [-0.25, -0.2) is 0 Å². The molecule has 0 fully saturated rings. The van der Waals surface area contributed by atoms with E-state index in [1.165, 1.54) is 13.8 Å². The lowest BCUT2D eigenvalue weighted by Gasteiger charge is -2.02. The molecule has 0 heterocycles. The van der Waals surface area contributed by atoms with E-state index in [4.69, 9.17) is 4.74 Å². The Labute approximate surface area is 77.5 Å². The molecule has 0 aromatic rings. The van der Waals surface area contributed by atoms with Crippen LogP contribution in [-0.4, -0.2) is 25.2 Å². The Kier molecular flexibility index (Phi) is 5.59. The third-order valence-corrected chi connectivity index (χ3v) is 1.22. The van der Waals surface area contributed by atoms with Gasteiger partial charge in [0, 0.05) is 13.8 Å². The van der Waals surface area contributed by atoms with Gasteiger partial charge in [-0.3, -0.25) is 9.59 Å². The Morgan fingerprint density at radius 2 is 1.62 bits per heavy atom. The highest BCUT2D eigenvalue weighted by molar-refractivity contribution is 5.66. The van der Waals surface area contributed by atoms with E-state index in [0.717, 1.165) is 5.57 Å². The van der Waals surface area contributed by atoms with Gasteiger partial charge in [0.2, 0.25) is 0 Å². The summed E-state index contributed by atoms with van der Waals surface area (Å²) in [4.78, 5) is 20.7. The number of hydrogen-bond donors (Lipinski definition) is 0. The van der Waals surface area contributed by atoms with Crippen molar-refractivity contribution in [3.05, 3.63) is 11.6 Å². The van der Waals surface area contributed by atoms with Crippen molar-refractivity contribution in [1.82, 2.24) is 0 Å². The SMILES string of the molecule is CC(=O)OC/C=C(/C)COC(C)=O. The molecule has 0 aliphatic carbocycles. The molecule has 0 saturated carbocycles. The molecule has 0 N–H and O–H groups in total. The molecule has 0 aliphatic heterocycles. The smallest absolute Gasteiger partial charge is 0.302 e. The van der Waals surface area contributed by atoms with Crippen molar-refractivity contribution in [2.45, 2.75) is 20.8 Å². The summed E-state index contributed by atoms with van der Waals surface area (Å²) in [6.07, 6.45) is 1.70. The van der Waals surface area contributed by atoms with E-state index >= 15 is 0 Å². The zero-order valence-electron chi connectivity index (χ0n) is 8.12. The summed E-state index contributed by atoms with van der Waals surface area (Å²) < 4.78 is 9.38. The fourth-order valence-electron chi connectivity index (χ4n) is 0.576. The van der Waals surface area contributed by atoms with Crippen molar-refractivity contribution >= 4 is 11.9 Å². The van der Waals surface area contributed by atoms with Crippen molar-refractivity contribution in [2.75, 3.05) is 13.2 Å². The fraction of sp³-hybridized carbons (Fsp3) is 0.556. The van der Waals surface area contributed by atoms with E-state index in [2.05, 4.69) is 4.74 Å². The molecule has 4 nitrogen and oxygen atoms in total. The highest BCUT2D eigenvalue weighted by Crippen LogP contribution is 1.94. The van der Waals surface area contributed by atoms with Crippen molar-refractivity contribution in [3.8, 4) is 0 Å². The van der Waals surface area contributed by atoms with E-state index in [1.807, 2.05) is 0 Å². The van der Waals surface area contributed by atoms with Crippen LogP contribution >= 0.6 is 0 Å². The maximum atomic E-state index is 10.4. The van der Waals surface area contributed by atoms with Crippen LogP contribution in [0.2, 0.25) is 0 Å². The monoisotopic (exact) mass is 186 g/mol. The maximum Gasteiger partial charge on any atom is 0.302 e. The molecule has 0 spiro atoms. The average Bonchev–Trinajstić information content (AvgIpc) is 2.00. The molecule has 0 rings (SSSR count). The first kappa shape index (κ1) is 11.7. The molecule has 0 saturated heterocycles. The third-order valence-electron chi connectivity index (χ3n) is 1.22. The lowest BCUT2D eigenvalue weighted by molar-refractivity contribution is -0.141. The molecule has 0 unspecified atom stereocenters. The fourth-order valence-corrected chi connectivity index (χ4v) is 0.576. The summed E-state index contributed by atoms with van der Waals surface area (Å²) in [5, 5.41) is 0. The summed E-state index contributed by atoms with van der Waals surface area (Å²) >= 11 is 0. The first-order valence-corrected chi connectivity index (χ1v) is 3.94. The quantitative estimate of drug-likeness (QED) is 0.486. The Morgan fingerprint density at radius 1 is 1.08 bits per heavy atom. The molecule has 0 radical (unpaired) electrons. The lowest BCUT2D eigenvalue weighted by Crippen LogP contribution is -2.03. The van der Waals surface area contributed by atoms with Crippen LogP contribution in [0.3, 0.4) is 0 Å². The first-order chi connectivity index (χ1) is 6.02. The first-order valence-electron chi connectivity index (χ1n) is 3.94. The highest BCUT2D eigenvalue weighted by atomic mass is 16.5. The van der Waals surface area contributed by atoms with Crippen molar-refractivity contribution in [3.63, 3.8) is 0 Å². The van der Waals surface area contributed by atoms with Gasteiger partial charge in [-0.05, 0) is 18.6 Å². The van der Waals surface area contributed by atoms with Crippen LogP contribution in [0.25, 0.3) is 0 Å². The van der Waals surface area contributed by atoms with Gasteiger partial charge in [0.1, 0.15) is 13.2 Å². The van der Waals surface area contributed by atoms with E-state index in [9.17, 15) is 9.59 Å². The van der Waals surface area contributed by atoms with Crippen LogP contribution < -0.4 is 0 Å². The molecule has 0 amide bonds. The molecule has 0 aliphatic rings. The molecule has 0 aromatic heterocycles. The van der Waals surface area contributed by atoms with Crippen LogP contribution in [-0.2, 0) is 19.1 Å². The molecule has 0 atom stereocenters. The third kappa shape index (κ3) is 8.59. The van der Waals surface area contributed by atoms with Gasteiger partial charge >= 0.3 is 11.9 Å². The molecule has 4 heteroatoms. The summed E-state index contributed by atoms with van der Waals surface area (Å²) in [6.45, 7) is 4.96. The zero-order chi connectivity index (χ0) is 10.3. The molecule has 74 valence electrons. The molecular weight excluding hydrogens is 172 g/mol. The van der Waals surface area contributed by atoms with E-state index < -0.39 is 0 Å². The maximum absolute atomic E-state index is 10.4. The summed E-state index contributed by atoms with van der Waals surface area (Å²) in [7, 11) is 0. The van der Waals surface area contributed by atoms with Gasteiger partial charge in [0.15, 0.2) is 0 Å². The summed E-state index contributed by atoms with van der Waals surface area (Å²) in [5.41, 5.74) is 0.858. The predicted molar refractivity (Wildman–Crippen MR) is 47.0 cm³/mol. The predicted octanol–water partition coefficient (Wildman–Crippen LogP) is 1.06. The number of hydrogen-bond acceptors (Lipinski definition) is 4. The van der Waals surface area contributed by atoms with Crippen LogP contribution in [0.15, 0.2) is 11.6 Å². The molecular formula is C9H14O4. The largest absolute Gasteiger partial charge is 0.462 e. The van der Waals surface area contributed by atoms with Crippen LogP contribution in [0.4, 0.5) is 0 Å². The minimum Gasteiger partial charge on any atom is -0.462 e. The Morgan fingerprint density at radius 3 is 2.08 bits per heavy atom. The Hall–Kier alpha value is -1.32. The van der Waals surface area contributed by atoms with Crippen LogP contribution in [0.1, 0.15) is 20.8 Å². The Bertz CT molecular complexity index is 218. The zero-order valence-corrected chi connectivity index (χ0v) is 8.12. The number of carbonyl (C=O) groups is 2. The highest BCUT2D eigenvalue weighted by Gasteiger charge is 1.94. The van der Waals surface area contributed by atoms with Gasteiger partial charge in [-0.15, -0.1) is 0 Å². The molecule has 0 aromatic carbocycles. The van der Waals surface area contributed by atoms with Gasteiger partial charge in [-0.1, -0.05) is 0 Å². The van der Waals surface area contributed by atoms with Gasteiger partial charge in [-0.2, -0.15) is 0 Å². The number of carbonyl (C=O) groups excluding carboxylic acids is 2. The van der Waals surface area contributed by atoms with Crippen molar-refractivity contribution in [1.29, 1.82) is 0 Å². The standard InChI is InChI=1S/C9H14O4/c1-7(6-13-9(3)11)4-5-12-8(2)10/h4H,5-6H2,1-3H3/b7-4-. The van der Waals surface area contributed by atoms with Gasteiger partial charge in [0.05, 0.1) is 0 Å². The van der Waals surface area contributed by atoms with E-state index in [1.54, 1.807) is 13.0 Å². The second-order valence-electron chi connectivity index (χ2n) is 2.63. The number of ether oxygens (including phenoxy) is 2. The van der Waals surface area contributed by atoms with Crippen LogP contribution in [0.5, 0.6) is 0 Å². The van der Waals surface area contributed by atoms with Crippen molar-refractivity contribution in [2.24, 2.45) is 0 Å². The van der Waals surface area contributed by atoms with E-state index in [0.29, 0.717) is 0 Å². The number of esters is 2. The summed E-state index contributed by atoms with van der Waals surface area (Å²) in [6, 6.07) is 0. The van der Waals surface area contributed by atoms with E-state index in [-0.39, 0.29) is 25.2 Å². The minimum atomic E-state index is -0.323. The lowest BCUT2D eigenvalue weighted by atomic mass is 10.3.